The van der Waals surface area contributed by atoms with Crippen LogP contribution < -0.4 is 4.74 Å². The molecule has 2 aromatic carbocycles. The smallest absolute Gasteiger partial charge is 0.425 e. The molecule has 0 aliphatic carbocycles. The lowest BCUT2D eigenvalue weighted by Gasteiger charge is -2.22. The summed E-state index contributed by atoms with van der Waals surface area (Å²) in [6.07, 6.45) is -6.33. The summed E-state index contributed by atoms with van der Waals surface area (Å²) in [5.74, 6) is -1.92. The van der Waals surface area contributed by atoms with Crippen LogP contribution in [-0.4, -0.2) is 45.0 Å². The first-order valence-corrected chi connectivity index (χ1v) is 9.92. The van der Waals surface area contributed by atoms with Crippen molar-refractivity contribution in [3.63, 3.8) is 0 Å². The molecule has 2 aromatic rings. The van der Waals surface area contributed by atoms with Gasteiger partial charge in [0.25, 0.3) is 0 Å². The third-order valence-corrected chi connectivity index (χ3v) is 4.56. The van der Waals surface area contributed by atoms with Crippen LogP contribution in [0.25, 0.3) is 0 Å². The van der Waals surface area contributed by atoms with Gasteiger partial charge in [0.1, 0.15) is 5.75 Å². The van der Waals surface area contributed by atoms with Crippen LogP contribution >= 0.6 is 0 Å². The van der Waals surface area contributed by atoms with Crippen molar-refractivity contribution in [1.29, 1.82) is 0 Å². The van der Waals surface area contributed by atoms with Gasteiger partial charge in [0.2, 0.25) is 0 Å². The average molecular weight is 454 g/mol. The van der Waals surface area contributed by atoms with Crippen LogP contribution in [0.4, 0.5) is 13.2 Å². The quantitative estimate of drug-likeness (QED) is 0.353. The number of hydrogen-bond acceptors (Lipinski definition) is 6. The molecule has 0 N–H and O–H groups in total. The summed E-state index contributed by atoms with van der Waals surface area (Å²) in [7, 11) is 2.21. The molecule has 0 aromatic heterocycles. The van der Waals surface area contributed by atoms with Gasteiger partial charge in [-0.1, -0.05) is 30.3 Å². The van der Waals surface area contributed by atoms with Crippen LogP contribution in [0, 0.1) is 0 Å². The van der Waals surface area contributed by atoms with Crippen molar-refractivity contribution < 1.29 is 41.7 Å². The molecule has 174 valence electrons. The number of benzene rings is 2. The summed E-state index contributed by atoms with van der Waals surface area (Å²) in [6, 6.07) is 12.8. The molecule has 32 heavy (non-hydrogen) atoms. The minimum absolute atomic E-state index is 0.133. The van der Waals surface area contributed by atoms with Gasteiger partial charge in [-0.15, -0.1) is 0 Å². The number of unbranched alkanes of at least 4 members (excludes halogenated alkanes) is 1. The van der Waals surface area contributed by atoms with Gasteiger partial charge in [0.15, 0.2) is 6.10 Å². The number of rotatable bonds is 11. The van der Waals surface area contributed by atoms with E-state index in [1.165, 1.54) is 6.07 Å². The van der Waals surface area contributed by atoms with Crippen molar-refractivity contribution in [2.24, 2.45) is 0 Å². The number of esters is 2. The fourth-order valence-corrected chi connectivity index (χ4v) is 2.92. The van der Waals surface area contributed by atoms with E-state index in [2.05, 4.69) is 9.47 Å². The van der Waals surface area contributed by atoms with E-state index in [-0.39, 0.29) is 29.7 Å². The van der Waals surface area contributed by atoms with Crippen molar-refractivity contribution in [3.8, 4) is 5.75 Å². The van der Waals surface area contributed by atoms with E-state index in [0.29, 0.717) is 19.6 Å². The Hall–Kier alpha value is -3.07. The van der Waals surface area contributed by atoms with Gasteiger partial charge in [-0.2, -0.15) is 13.2 Å². The molecule has 2 rings (SSSR count). The number of alkyl halides is 3. The van der Waals surface area contributed by atoms with E-state index >= 15 is 0 Å². The Balaban J connectivity index is 1.96. The summed E-state index contributed by atoms with van der Waals surface area (Å²) < 4.78 is 60.2. The topological polar surface area (TPSA) is 71.1 Å². The van der Waals surface area contributed by atoms with Gasteiger partial charge in [0.05, 0.1) is 32.0 Å². The van der Waals surface area contributed by atoms with Crippen molar-refractivity contribution in [2.45, 2.75) is 38.1 Å². The molecule has 0 bridgehead atoms. The van der Waals surface area contributed by atoms with Crippen molar-refractivity contribution in [3.05, 3.63) is 65.2 Å². The third-order valence-electron chi connectivity index (χ3n) is 4.56. The summed E-state index contributed by atoms with van der Waals surface area (Å²) in [6.45, 7) is 0.711. The van der Waals surface area contributed by atoms with Crippen molar-refractivity contribution in [1.82, 2.24) is 0 Å². The molecule has 0 aliphatic heterocycles. The lowest BCUT2D eigenvalue weighted by molar-refractivity contribution is -0.197. The van der Waals surface area contributed by atoms with E-state index in [0.717, 1.165) is 31.9 Å². The van der Waals surface area contributed by atoms with Gasteiger partial charge in [-0.05, 0) is 43.0 Å². The zero-order chi connectivity index (χ0) is 23.6. The molecule has 0 saturated carbocycles. The highest BCUT2D eigenvalue weighted by Crippen LogP contribution is 2.30. The zero-order valence-electron chi connectivity index (χ0n) is 17.8. The number of hydrogen-bond donors (Lipinski definition) is 0. The minimum Gasteiger partial charge on any atom is -0.481 e. The number of halogens is 3. The first-order valence-electron chi connectivity index (χ1n) is 9.92. The van der Waals surface area contributed by atoms with Crippen LogP contribution in [0.2, 0.25) is 0 Å². The van der Waals surface area contributed by atoms with Crippen LogP contribution in [0.5, 0.6) is 5.75 Å². The second-order valence-electron chi connectivity index (χ2n) is 6.87. The maximum atomic E-state index is 13.5. The van der Waals surface area contributed by atoms with Crippen LogP contribution in [0.15, 0.2) is 48.5 Å². The lowest BCUT2D eigenvalue weighted by Crippen LogP contribution is -2.34. The van der Waals surface area contributed by atoms with Crippen LogP contribution in [0.1, 0.15) is 45.5 Å². The number of ether oxygens (including phenoxy) is 4. The highest BCUT2D eigenvalue weighted by Gasteiger charge is 2.41. The Morgan fingerprint density at radius 3 is 2.19 bits per heavy atom. The number of methoxy groups -OCH3 is 2. The van der Waals surface area contributed by atoms with E-state index in [4.69, 9.17) is 9.47 Å². The lowest BCUT2D eigenvalue weighted by atomic mass is 10.1. The van der Waals surface area contributed by atoms with Gasteiger partial charge in [-0.25, -0.2) is 9.59 Å². The average Bonchev–Trinajstić information content (AvgIpc) is 2.79. The van der Waals surface area contributed by atoms with Gasteiger partial charge < -0.3 is 18.9 Å². The molecule has 6 nitrogen and oxygen atoms in total. The zero-order valence-corrected chi connectivity index (χ0v) is 17.8. The molecule has 0 heterocycles. The molecule has 0 aliphatic rings. The Labute approximate surface area is 184 Å². The van der Waals surface area contributed by atoms with Crippen molar-refractivity contribution in [2.75, 3.05) is 20.8 Å². The molecule has 0 radical (unpaired) electrons. The third kappa shape index (κ3) is 7.56. The second kappa shape index (κ2) is 12.1. The molecule has 0 saturated heterocycles. The normalized spacial score (nSPS) is 12.2. The predicted octanol–water partition coefficient (Wildman–Crippen LogP) is 4.96. The number of carbonyl (C=O) groups excluding carboxylic acids is 2. The van der Waals surface area contributed by atoms with E-state index in [9.17, 15) is 22.8 Å². The Morgan fingerprint density at radius 1 is 0.906 bits per heavy atom. The van der Waals surface area contributed by atoms with Crippen LogP contribution in [-0.2, 0) is 20.8 Å². The molecule has 1 unspecified atom stereocenters. The van der Waals surface area contributed by atoms with Crippen LogP contribution in [0.3, 0.4) is 0 Å². The monoisotopic (exact) mass is 454 g/mol. The Kier molecular flexibility index (Phi) is 9.52. The fourth-order valence-electron chi connectivity index (χ4n) is 2.92. The van der Waals surface area contributed by atoms with Gasteiger partial charge in [-0.3, -0.25) is 0 Å². The molecule has 1 atom stereocenters. The summed E-state index contributed by atoms with van der Waals surface area (Å²) in [5, 5.41) is 0. The maximum absolute atomic E-state index is 13.5. The number of carbonyl (C=O) groups is 2. The Bertz CT molecular complexity index is 883. The highest BCUT2D eigenvalue weighted by atomic mass is 19.4. The molecule has 0 amide bonds. The summed E-state index contributed by atoms with van der Waals surface area (Å²) in [4.78, 5) is 23.7. The molecule has 0 spiro atoms. The first kappa shape index (κ1) is 25.2. The second-order valence-corrected chi connectivity index (χ2v) is 6.87. The molecular formula is C23H25F3O6. The fraction of sp³-hybridized carbons (Fsp3) is 0.391. The SMILES string of the molecule is COC(=O)c1ccc(OC(CCCCOCc2ccccc2)C(F)(F)F)cc1C(=O)OC. The van der Waals surface area contributed by atoms with E-state index < -0.39 is 24.2 Å². The maximum Gasteiger partial charge on any atom is 0.425 e. The minimum atomic E-state index is -4.61. The first-order chi connectivity index (χ1) is 15.3. The predicted molar refractivity (Wildman–Crippen MR) is 110 cm³/mol. The summed E-state index contributed by atoms with van der Waals surface area (Å²) in [5.41, 5.74) is 0.610. The Morgan fingerprint density at radius 2 is 1.56 bits per heavy atom. The molecule has 9 heteroatoms. The summed E-state index contributed by atoms with van der Waals surface area (Å²) >= 11 is 0. The van der Waals surface area contributed by atoms with Crippen molar-refractivity contribution >= 4 is 11.9 Å². The van der Waals surface area contributed by atoms with E-state index in [1.807, 2.05) is 30.3 Å². The van der Waals surface area contributed by atoms with Gasteiger partial charge >= 0.3 is 18.1 Å². The molecular weight excluding hydrogens is 429 g/mol. The standard InChI is InChI=1S/C23H25F3O6/c1-29-21(27)18-12-11-17(14-19(18)22(28)30-2)32-20(23(24,25)26)10-6-7-13-31-15-16-8-4-3-5-9-16/h3-5,8-9,11-12,14,20H,6-7,10,13,15H2,1-2H3. The van der Waals surface area contributed by atoms with Gasteiger partial charge in [0, 0.05) is 6.61 Å². The molecule has 0 fully saturated rings. The highest BCUT2D eigenvalue weighted by molar-refractivity contribution is 6.03. The van der Waals surface area contributed by atoms with E-state index in [1.54, 1.807) is 0 Å². The largest absolute Gasteiger partial charge is 0.481 e.